The molecule has 5 heteroatoms. The Balaban J connectivity index is 2.15. The Labute approximate surface area is 80.2 Å². The zero-order valence-corrected chi connectivity index (χ0v) is 7.52. The Morgan fingerprint density at radius 3 is 2.85 bits per heavy atom. The molecule has 0 saturated carbocycles. The van der Waals surface area contributed by atoms with Gasteiger partial charge in [0.2, 0.25) is 0 Å². The van der Waals surface area contributed by atoms with E-state index in [0.717, 1.165) is 5.69 Å². The van der Waals surface area contributed by atoms with Crippen molar-refractivity contribution in [1.29, 1.82) is 0 Å². The summed E-state index contributed by atoms with van der Waals surface area (Å²) in [4.78, 5) is 0. The van der Waals surface area contributed by atoms with Crippen LogP contribution in [0, 0.1) is 0 Å². The second-order valence-electron chi connectivity index (χ2n) is 2.55. The van der Waals surface area contributed by atoms with Crippen LogP contribution < -0.4 is 0 Å². The van der Waals surface area contributed by atoms with E-state index in [1.54, 1.807) is 16.9 Å². The summed E-state index contributed by atoms with van der Waals surface area (Å²) in [5.74, 6) is 0. The molecule has 0 aromatic carbocycles. The molecule has 2 aromatic heterocycles. The summed E-state index contributed by atoms with van der Waals surface area (Å²) >= 11 is 5.60. The Bertz CT molecular complexity index is 368. The maximum atomic E-state index is 5.60. The van der Waals surface area contributed by atoms with Crippen molar-refractivity contribution in [2.75, 3.05) is 0 Å². The summed E-state index contributed by atoms with van der Waals surface area (Å²) in [5, 5.41) is 12.1. The van der Waals surface area contributed by atoms with Crippen molar-refractivity contribution >= 4 is 11.6 Å². The van der Waals surface area contributed by atoms with Gasteiger partial charge in [0.1, 0.15) is 0 Å². The lowest BCUT2D eigenvalue weighted by Crippen LogP contribution is -2.02. The molecule has 0 aliphatic rings. The lowest BCUT2D eigenvalue weighted by Gasteiger charge is -1.98. The quantitative estimate of drug-likeness (QED) is 0.726. The van der Waals surface area contributed by atoms with Crippen LogP contribution in [0.1, 0.15) is 5.69 Å². The normalized spacial score (nSPS) is 10.2. The van der Waals surface area contributed by atoms with Crippen LogP contribution in [0.2, 0.25) is 5.15 Å². The fourth-order valence-corrected chi connectivity index (χ4v) is 1.09. The van der Waals surface area contributed by atoms with Crippen molar-refractivity contribution < 1.29 is 0 Å². The van der Waals surface area contributed by atoms with E-state index in [1.165, 1.54) is 0 Å². The van der Waals surface area contributed by atoms with Gasteiger partial charge in [-0.05, 0) is 18.2 Å². The maximum Gasteiger partial charge on any atom is 0.151 e. The smallest absolute Gasteiger partial charge is 0.151 e. The number of hydrogen-bond acceptors (Lipinski definition) is 3. The molecule has 0 atom stereocenters. The zero-order valence-electron chi connectivity index (χ0n) is 6.76. The Hall–Kier alpha value is -1.42. The first kappa shape index (κ1) is 8.19. The third-order valence-corrected chi connectivity index (χ3v) is 1.77. The summed E-state index contributed by atoms with van der Waals surface area (Å²) < 4.78 is 1.78. The first-order valence-electron chi connectivity index (χ1n) is 3.80. The Morgan fingerprint density at radius 1 is 1.31 bits per heavy atom. The molecule has 0 aliphatic heterocycles. The van der Waals surface area contributed by atoms with Crippen LogP contribution in [0.15, 0.2) is 30.6 Å². The fourth-order valence-electron chi connectivity index (χ4n) is 0.988. The predicted molar refractivity (Wildman–Crippen MR) is 48.4 cm³/mol. The molecule has 0 fully saturated rings. The summed E-state index contributed by atoms with van der Waals surface area (Å²) in [6.07, 6.45) is 3.60. The van der Waals surface area contributed by atoms with Crippen LogP contribution in [-0.2, 0) is 6.54 Å². The highest BCUT2D eigenvalue weighted by Gasteiger charge is 1.96. The third kappa shape index (κ3) is 2.03. The molecule has 4 nitrogen and oxygen atoms in total. The molecular weight excluding hydrogens is 188 g/mol. The molecule has 66 valence electrons. The number of halogens is 1. The Kier molecular flexibility index (Phi) is 2.23. The van der Waals surface area contributed by atoms with E-state index in [-0.39, 0.29) is 0 Å². The van der Waals surface area contributed by atoms with Gasteiger partial charge in [0.05, 0.1) is 12.2 Å². The zero-order chi connectivity index (χ0) is 9.10. The van der Waals surface area contributed by atoms with Gasteiger partial charge in [0.25, 0.3) is 0 Å². The van der Waals surface area contributed by atoms with Gasteiger partial charge >= 0.3 is 0 Å². The standard InChI is InChI=1S/C8H7ClN4/c9-8-3-2-7(11-12-8)6-13-5-1-4-10-13/h1-5H,6H2. The van der Waals surface area contributed by atoms with E-state index < -0.39 is 0 Å². The summed E-state index contributed by atoms with van der Waals surface area (Å²) in [5.41, 5.74) is 0.841. The largest absolute Gasteiger partial charge is 0.267 e. The second kappa shape index (κ2) is 3.53. The molecule has 0 N–H and O–H groups in total. The molecule has 2 aromatic rings. The minimum atomic E-state index is 0.407. The van der Waals surface area contributed by atoms with Crippen LogP contribution in [-0.4, -0.2) is 20.0 Å². The van der Waals surface area contributed by atoms with Crippen LogP contribution in [0.3, 0.4) is 0 Å². The highest BCUT2D eigenvalue weighted by molar-refractivity contribution is 6.29. The molecule has 0 amide bonds. The monoisotopic (exact) mass is 194 g/mol. The molecule has 2 heterocycles. The van der Waals surface area contributed by atoms with Crippen molar-refractivity contribution in [3.8, 4) is 0 Å². The van der Waals surface area contributed by atoms with Crippen molar-refractivity contribution in [3.63, 3.8) is 0 Å². The number of nitrogens with zero attached hydrogens (tertiary/aromatic N) is 4. The summed E-state index contributed by atoms with van der Waals surface area (Å²) in [7, 11) is 0. The van der Waals surface area contributed by atoms with E-state index >= 15 is 0 Å². The summed E-state index contributed by atoms with van der Waals surface area (Å²) in [6, 6.07) is 5.41. The van der Waals surface area contributed by atoms with Crippen LogP contribution in [0.4, 0.5) is 0 Å². The minimum absolute atomic E-state index is 0.407. The van der Waals surface area contributed by atoms with E-state index in [1.807, 2.05) is 18.3 Å². The lowest BCUT2D eigenvalue weighted by molar-refractivity contribution is 0.663. The number of hydrogen-bond donors (Lipinski definition) is 0. The van der Waals surface area contributed by atoms with E-state index in [2.05, 4.69) is 15.3 Å². The molecule has 0 aliphatic carbocycles. The van der Waals surface area contributed by atoms with Gasteiger partial charge in [-0.1, -0.05) is 11.6 Å². The molecular formula is C8H7ClN4. The maximum absolute atomic E-state index is 5.60. The minimum Gasteiger partial charge on any atom is -0.267 e. The average Bonchev–Trinajstić information content (AvgIpc) is 2.62. The molecule has 0 unspecified atom stereocenters. The molecule has 2 rings (SSSR count). The van der Waals surface area contributed by atoms with Gasteiger partial charge < -0.3 is 0 Å². The Morgan fingerprint density at radius 2 is 2.23 bits per heavy atom. The van der Waals surface area contributed by atoms with E-state index in [9.17, 15) is 0 Å². The second-order valence-corrected chi connectivity index (χ2v) is 2.94. The van der Waals surface area contributed by atoms with Crippen molar-refractivity contribution in [1.82, 2.24) is 20.0 Å². The summed E-state index contributed by atoms with van der Waals surface area (Å²) in [6.45, 7) is 0.622. The topological polar surface area (TPSA) is 43.6 Å². The van der Waals surface area contributed by atoms with Crippen LogP contribution >= 0.6 is 11.6 Å². The first-order chi connectivity index (χ1) is 6.34. The molecule has 0 spiro atoms. The van der Waals surface area contributed by atoms with Gasteiger partial charge in [-0.25, -0.2) is 0 Å². The molecule has 0 bridgehead atoms. The van der Waals surface area contributed by atoms with Gasteiger partial charge in [0, 0.05) is 12.4 Å². The highest BCUT2D eigenvalue weighted by atomic mass is 35.5. The average molecular weight is 195 g/mol. The molecule has 0 radical (unpaired) electrons. The van der Waals surface area contributed by atoms with Gasteiger partial charge in [-0.3, -0.25) is 4.68 Å². The van der Waals surface area contributed by atoms with Crippen LogP contribution in [0.25, 0.3) is 0 Å². The van der Waals surface area contributed by atoms with Crippen LogP contribution in [0.5, 0.6) is 0 Å². The highest BCUT2D eigenvalue weighted by Crippen LogP contribution is 2.03. The SMILES string of the molecule is Clc1ccc(Cn2cccn2)nn1. The predicted octanol–water partition coefficient (Wildman–Crippen LogP) is 1.37. The first-order valence-corrected chi connectivity index (χ1v) is 4.18. The lowest BCUT2D eigenvalue weighted by atomic mass is 10.4. The van der Waals surface area contributed by atoms with Crippen molar-refractivity contribution in [2.24, 2.45) is 0 Å². The van der Waals surface area contributed by atoms with Gasteiger partial charge in [0.15, 0.2) is 5.15 Å². The molecule has 0 saturated heterocycles. The number of rotatable bonds is 2. The fraction of sp³-hybridized carbons (Fsp3) is 0.125. The van der Waals surface area contributed by atoms with E-state index in [0.29, 0.717) is 11.7 Å². The van der Waals surface area contributed by atoms with Crippen molar-refractivity contribution in [3.05, 3.63) is 41.4 Å². The van der Waals surface area contributed by atoms with Gasteiger partial charge in [-0.15, -0.1) is 5.10 Å². The third-order valence-electron chi connectivity index (χ3n) is 1.57. The number of aromatic nitrogens is 4. The van der Waals surface area contributed by atoms with E-state index in [4.69, 9.17) is 11.6 Å². The van der Waals surface area contributed by atoms with Crippen molar-refractivity contribution in [2.45, 2.75) is 6.54 Å². The molecule has 13 heavy (non-hydrogen) atoms. The van der Waals surface area contributed by atoms with Gasteiger partial charge in [-0.2, -0.15) is 10.2 Å².